The number of halogens is 1. The molecule has 0 aromatic heterocycles. The fourth-order valence-electron chi connectivity index (χ4n) is 6.27. The average Bonchev–Trinajstić information content (AvgIpc) is 3.44. The van der Waals surface area contributed by atoms with Gasteiger partial charge in [0.1, 0.15) is 6.04 Å². The fraction of sp³-hybridized carbons (Fsp3) is 0.444. The second-order valence-corrected chi connectivity index (χ2v) is 12.5. The minimum atomic E-state index is -0.799. The van der Waals surface area contributed by atoms with E-state index in [1.807, 2.05) is 37.3 Å². The molecule has 3 N–H and O–H groups in total. The maximum absolute atomic E-state index is 13.9. The molecule has 2 unspecified atom stereocenters. The van der Waals surface area contributed by atoms with Crippen molar-refractivity contribution < 1.29 is 19.5 Å². The Balaban J connectivity index is 1.46. The van der Waals surface area contributed by atoms with E-state index in [0.29, 0.717) is 23.7 Å². The van der Waals surface area contributed by atoms with Crippen molar-refractivity contribution in [2.75, 3.05) is 11.9 Å². The largest absolute Gasteiger partial charge is 0.394 e. The Morgan fingerprint density at radius 1 is 1.14 bits per heavy atom. The van der Waals surface area contributed by atoms with Gasteiger partial charge in [0.2, 0.25) is 17.7 Å². The number of hydrogen-bond donors (Lipinski definition) is 3. The van der Waals surface area contributed by atoms with Gasteiger partial charge in [-0.1, -0.05) is 41.9 Å². The Morgan fingerprint density at radius 3 is 2.50 bits per heavy atom. The highest BCUT2D eigenvalue weighted by molar-refractivity contribution is 8.02. The third-order valence-corrected chi connectivity index (χ3v) is 10.1. The summed E-state index contributed by atoms with van der Waals surface area (Å²) in [5.74, 6) is -1.90. The highest BCUT2D eigenvalue weighted by Crippen LogP contribution is 2.71. The number of fused-ring (bicyclic) bond motifs is 1. The molecular formula is C27H30ClN3O4S. The lowest BCUT2D eigenvalue weighted by Gasteiger charge is -2.36. The van der Waals surface area contributed by atoms with Gasteiger partial charge in [-0.3, -0.25) is 14.4 Å². The van der Waals surface area contributed by atoms with Gasteiger partial charge in [0.25, 0.3) is 0 Å². The van der Waals surface area contributed by atoms with Gasteiger partial charge in [-0.05, 0) is 56.5 Å². The molecule has 9 heteroatoms. The minimum Gasteiger partial charge on any atom is -0.394 e. The van der Waals surface area contributed by atoms with Gasteiger partial charge in [0, 0.05) is 22.0 Å². The van der Waals surface area contributed by atoms with Crippen LogP contribution in [-0.4, -0.2) is 55.9 Å². The molecule has 36 heavy (non-hydrogen) atoms. The number of anilines is 1. The number of amides is 3. The van der Waals surface area contributed by atoms with Crippen LogP contribution >= 0.6 is 23.4 Å². The molecule has 0 radical (unpaired) electrons. The number of aliphatic hydroxyl groups is 1. The molecule has 3 saturated heterocycles. The Morgan fingerprint density at radius 2 is 1.83 bits per heavy atom. The van der Waals surface area contributed by atoms with Crippen molar-refractivity contribution in [1.29, 1.82) is 0 Å². The summed E-state index contributed by atoms with van der Waals surface area (Å²) in [6.45, 7) is 3.88. The van der Waals surface area contributed by atoms with Gasteiger partial charge < -0.3 is 20.6 Å². The van der Waals surface area contributed by atoms with Crippen LogP contribution in [0.15, 0.2) is 54.6 Å². The predicted octanol–water partition coefficient (Wildman–Crippen LogP) is 3.46. The predicted molar refractivity (Wildman–Crippen MR) is 140 cm³/mol. The first-order chi connectivity index (χ1) is 17.2. The summed E-state index contributed by atoms with van der Waals surface area (Å²) in [5.41, 5.74) is 1.56. The summed E-state index contributed by atoms with van der Waals surface area (Å²) >= 11 is 7.60. The molecule has 3 aliphatic rings. The fourth-order valence-corrected chi connectivity index (χ4v) is 8.73. The van der Waals surface area contributed by atoms with E-state index in [9.17, 15) is 19.5 Å². The highest BCUT2D eigenvalue weighted by Gasteiger charge is 2.77. The highest BCUT2D eigenvalue weighted by atomic mass is 35.5. The molecule has 5 rings (SSSR count). The van der Waals surface area contributed by atoms with Gasteiger partial charge >= 0.3 is 0 Å². The maximum atomic E-state index is 13.9. The topological polar surface area (TPSA) is 98.7 Å². The van der Waals surface area contributed by atoms with E-state index in [0.717, 1.165) is 12.0 Å². The van der Waals surface area contributed by atoms with Gasteiger partial charge in [-0.25, -0.2) is 0 Å². The van der Waals surface area contributed by atoms with Gasteiger partial charge in [0.15, 0.2) is 0 Å². The SMILES string of the molecule is C[C@H](CO)N1C(=O)[C@@H]2[C@@H](C(=O)NCc3ccccc3)[C@@]3(C)CCC2(S3)C1C(=O)Nc1ccc(Cl)cc1. The second-order valence-electron chi connectivity index (χ2n) is 10.2. The number of nitrogens with zero attached hydrogens (tertiary/aromatic N) is 1. The first-order valence-corrected chi connectivity index (χ1v) is 13.4. The monoisotopic (exact) mass is 527 g/mol. The molecule has 3 aliphatic heterocycles. The van der Waals surface area contributed by atoms with E-state index in [1.54, 1.807) is 43.0 Å². The summed E-state index contributed by atoms with van der Waals surface area (Å²) in [4.78, 5) is 42.8. The summed E-state index contributed by atoms with van der Waals surface area (Å²) in [6.07, 6.45) is 1.39. The van der Waals surface area contributed by atoms with Crippen LogP contribution in [0, 0.1) is 11.8 Å². The number of benzene rings is 2. The molecule has 2 aromatic rings. The quantitative estimate of drug-likeness (QED) is 0.512. The Labute approximate surface area is 220 Å². The molecular weight excluding hydrogens is 498 g/mol. The molecule has 0 saturated carbocycles. The molecule has 6 atom stereocenters. The van der Waals surface area contributed by atoms with E-state index >= 15 is 0 Å². The summed E-state index contributed by atoms with van der Waals surface area (Å²) in [7, 11) is 0. The molecule has 7 nitrogen and oxygen atoms in total. The van der Waals surface area contributed by atoms with E-state index in [1.165, 1.54) is 4.90 Å². The first kappa shape index (κ1) is 25.1. The molecule has 190 valence electrons. The number of thioether (sulfide) groups is 1. The second kappa shape index (κ2) is 9.39. The van der Waals surface area contributed by atoms with Crippen LogP contribution in [0.3, 0.4) is 0 Å². The van der Waals surface area contributed by atoms with Crippen molar-refractivity contribution in [3.63, 3.8) is 0 Å². The molecule has 3 fully saturated rings. The molecule has 2 bridgehead atoms. The number of nitrogens with one attached hydrogen (secondary N) is 2. The van der Waals surface area contributed by atoms with Crippen LogP contribution in [0.5, 0.6) is 0 Å². The lowest BCUT2D eigenvalue weighted by Crippen LogP contribution is -2.54. The summed E-state index contributed by atoms with van der Waals surface area (Å²) in [6, 6.07) is 15.1. The summed E-state index contributed by atoms with van der Waals surface area (Å²) < 4.78 is -1.19. The van der Waals surface area contributed by atoms with Gasteiger partial charge in [0.05, 0.1) is 29.2 Å². The Bertz CT molecular complexity index is 1180. The summed E-state index contributed by atoms with van der Waals surface area (Å²) in [5, 5.41) is 16.5. The minimum absolute atomic E-state index is 0.163. The van der Waals surface area contributed by atoms with Gasteiger partial charge in [-0.2, -0.15) is 0 Å². The zero-order chi connectivity index (χ0) is 25.7. The molecule has 1 spiro atoms. The third kappa shape index (κ3) is 3.99. The number of carbonyl (C=O) groups excluding carboxylic acids is 3. The zero-order valence-electron chi connectivity index (χ0n) is 20.2. The van der Waals surface area contributed by atoms with Crippen molar-refractivity contribution in [3.8, 4) is 0 Å². The Hall–Kier alpha value is -2.55. The normalized spacial score (nSPS) is 31.3. The smallest absolute Gasteiger partial charge is 0.248 e. The van der Waals surface area contributed by atoms with Gasteiger partial charge in [-0.15, -0.1) is 11.8 Å². The average molecular weight is 528 g/mol. The third-order valence-electron chi connectivity index (χ3n) is 7.91. The van der Waals surface area contributed by atoms with Crippen molar-refractivity contribution in [2.24, 2.45) is 11.8 Å². The van der Waals surface area contributed by atoms with E-state index in [-0.39, 0.29) is 24.3 Å². The number of aliphatic hydroxyl groups excluding tert-OH is 1. The Kier molecular flexibility index (Phi) is 6.55. The number of rotatable bonds is 7. The van der Waals surface area contributed by atoms with Crippen molar-refractivity contribution in [1.82, 2.24) is 10.2 Å². The van der Waals surface area contributed by atoms with Crippen molar-refractivity contribution >= 4 is 46.8 Å². The van der Waals surface area contributed by atoms with Crippen LogP contribution in [0.4, 0.5) is 5.69 Å². The van der Waals surface area contributed by atoms with Crippen LogP contribution in [0.1, 0.15) is 32.3 Å². The van der Waals surface area contributed by atoms with Crippen LogP contribution in [-0.2, 0) is 20.9 Å². The maximum Gasteiger partial charge on any atom is 0.248 e. The van der Waals surface area contributed by atoms with Crippen molar-refractivity contribution in [2.45, 2.75) is 54.8 Å². The van der Waals surface area contributed by atoms with Crippen molar-refractivity contribution in [3.05, 3.63) is 65.2 Å². The first-order valence-electron chi connectivity index (χ1n) is 12.2. The number of likely N-dealkylation sites (tertiary alicyclic amines) is 1. The zero-order valence-corrected chi connectivity index (χ0v) is 21.8. The molecule has 2 aromatic carbocycles. The van der Waals surface area contributed by atoms with E-state index in [4.69, 9.17) is 11.6 Å². The van der Waals surface area contributed by atoms with Crippen LogP contribution < -0.4 is 10.6 Å². The lowest BCUT2D eigenvalue weighted by molar-refractivity contribution is -0.142. The standard InChI is InChI=1S/C27H30ClN3O4S/c1-16(15-32)31-22(24(34)30-19-10-8-18(28)9-11-19)27-13-12-26(2,36-27)20(21(27)25(31)35)23(33)29-14-17-6-4-3-5-7-17/h3-11,16,20-22,32H,12-15H2,1-2H3,(H,29,33)(H,30,34)/t16-,20+,21+,22?,26-,27?/m1/s1. The van der Waals surface area contributed by atoms with Crippen LogP contribution in [0.25, 0.3) is 0 Å². The van der Waals surface area contributed by atoms with E-state index < -0.39 is 33.4 Å². The molecule has 0 aliphatic carbocycles. The molecule has 3 amide bonds. The number of hydrogen-bond acceptors (Lipinski definition) is 5. The van der Waals surface area contributed by atoms with Crippen LogP contribution in [0.2, 0.25) is 5.02 Å². The number of carbonyl (C=O) groups is 3. The molecule has 3 heterocycles. The van der Waals surface area contributed by atoms with E-state index in [2.05, 4.69) is 10.6 Å². The lowest BCUT2D eigenvalue weighted by atomic mass is 9.66.